The Bertz CT molecular complexity index is 913. The lowest BCUT2D eigenvalue weighted by Crippen LogP contribution is -2.30. The van der Waals surface area contributed by atoms with Gasteiger partial charge in [0.15, 0.2) is 6.10 Å². The molecular weight excluding hydrogens is 363 g/mol. The summed E-state index contributed by atoms with van der Waals surface area (Å²) in [4.78, 5) is 24.1. The Morgan fingerprint density at radius 1 is 1.12 bits per heavy atom. The van der Waals surface area contributed by atoms with Gasteiger partial charge in [0.05, 0.1) is 10.5 Å². The normalized spacial score (nSPS) is 12.3. The van der Waals surface area contributed by atoms with Crippen molar-refractivity contribution in [2.75, 3.05) is 12.4 Å². The molecule has 0 saturated heterocycles. The van der Waals surface area contributed by atoms with Crippen molar-refractivity contribution in [1.82, 2.24) is 4.72 Å². The number of sulfonamides is 1. The maximum absolute atomic E-state index is 12.9. The highest BCUT2D eigenvalue weighted by molar-refractivity contribution is 7.89. The van der Waals surface area contributed by atoms with Crippen molar-refractivity contribution < 1.29 is 27.1 Å². The fraction of sp³-hybridized carbons (Fsp3) is 0.176. The Hall–Kier alpha value is -2.78. The summed E-state index contributed by atoms with van der Waals surface area (Å²) >= 11 is 0. The number of rotatable bonds is 6. The average Bonchev–Trinajstić information content (AvgIpc) is 2.63. The van der Waals surface area contributed by atoms with Gasteiger partial charge in [-0.3, -0.25) is 4.79 Å². The van der Waals surface area contributed by atoms with Gasteiger partial charge in [-0.2, -0.15) is 0 Å². The minimum Gasteiger partial charge on any atom is -0.449 e. The number of amides is 1. The molecule has 2 aromatic carbocycles. The second-order valence-corrected chi connectivity index (χ2v) is 7.17. The van der Waals surface area contributed by atoms with Crippen molar-refractivity contribution >= 4 is 27.6 Å². The van der Waals surface area contributed by atoms with E-state index in [0.29, 0.717) is 5.69 Å². The topological polar surface area (TPSA) is 102 Å². The third kappa shape index (κ3) is 4.87. The second kappa shape index (κ2) is 8.07. The summed E-state index contributed by atoms with van der Waals surface area (Å²) in [5, 5.41) is 2.48. The molecule has 9 heteroatoms. The van der Waals surface area contributed by atoms with E-state index < -0.39 is 33.8 Å². The van der Waals surface area contributed by atoms with Crippen LogP contribution in [-0.2, 0) is 19.6 Å². The van der Waals surface area contributed by atoms with Crippen molar-refractivity contribution in [2.24, 2.45) is 0 Å². The molecule has 0 bridgehead atoms. The van der Waals surface area contributed by atoms with Crippen molar-refractivity contribution in [3.8, 4) is 0 Å². The Labute approximate surface area is 150 Å². The first-order valence-corrected chi connectivity index (χ1v) is 9.02. The minimum atomic E-state index is -3.71. The van der Waals surface area contributed by atoms with E-state index in [2.05, 4.69) is 10.0 Å². The van der Waals surface area contributed by atoms with Crippen molar-refractivity contribution in [3.63, 3.8) is 0 Å². The van der Waals surface area contributed by atoms with Crippen LogP contribution >= 0.6 is 0 Å². The van der Waals surface area contributed by atoms with Crippen molar-refractivity contribution in [1.29, 1.82) is 0 Å². The Balaban J connectivity index is 2.05. The van der Waals surface area contributed by atoms with Crippen LogP contribution in [-0.4, -0.2) is 33.4 Å². The van der Waals surface area contributed by atoms with Gasteiger partial charge in [0.2, 0.25) is 10.0 Å². The summed E-state index contributed by atoms with van der Waals surface area (Å²) in [5.41, 5.74) is 0.337. The predicted molar refractivity (Wildman–Crippen MR) is 92.6 cm³/mol. The van der Waals surface area contributed by atoms with E-state index >= 15 is 0 Å². The molecule has 0 aromatic heterocycles. The van der Waals surface area contributed by atoms with Crippen LogP contribution in [0, 0.1) is 5.82 Å². The molecule has 1 amide bonds. The van der Waals surface area contributed by atoms with Gasteiger partial charge in [-0.05, 0) is 56.4 Å². The third-order valence-corrected chi connectivity index (χ3v) is 4.83. The van der Waals surface area contributed by atoms with Gasteiger partial charge in [-0.25, -0.2) is 22.3 Å². The van der Waals surface area contributed by atoms with Gasteiger partial charge in [-0.15, -0.1) is 0 Å². The van der Waals surface area contributed by atoms with Gasteiger partial charge in [0, 0.05) is 5.69 Å². The van der Waals surface area contributed by atoms with Crippen LogP contribution < -0.4 is 10.0 Å². The highest BCUT2D eigenvalue weighted by Crippen LogP contribution is 2.14. The molecule has 0 spiro atoms. The molecule has 0 fully saturated rings. The quantitative estimate of drug-likeness (QED) is 0.746. The summed E-state index contributed by atoms with van der Waals surface area (Å²) < 4.78 is 43.6. The fourth-order valence-electron chi connectivity index (χ4n) is 1.97. The van der Waals surface area contributed by atoms with Crippen LogP contribution in [0.25, 0.3) is 0 Å². The summed E-state index contributed by atoms with van der Waals surface area (Å²) in [5.74, 6) is -1.90. The van der Waals surface area contributed by atoms with Gasteiger partial charge in [0.25, 0.3) is 5.91 Å². The van der Waals surface area contributed by atoms with Gasteiger partial charge >= 0.3 is 5.97 Å². The van der Waals surface area contributed by atoms with E-state index in [1.807, 2.05) is 0 Å². The van der Waals surface area contributed by atoms with Crippen LogP contribution in [0.3, 0.4) is 0 Å². The summed E-state index contributed by atoms with van der Waals surface area (Å²) in [7, 11) is -2.46. The zero-order valence-corrected chi connectivity index (χ0v) is 14.8. The van der Waals surface area contributed by atoms with Crippen LogP contribution in [0.5, 0.6) is 0 Å². The van der Waals surface area contributed by atoms with E-state index in [0.717, 1.165) is 6.07 Å². The molecule has 0 saturated carbocycles. The maximum atomic E-state index is 12.9. The molecule has 138 valence electrons. The molecule has 2 rings (SSSR count). The number of anilines is 1. The molecule has 2 N–H and O–H groups in total. The highest BCUT2D eigenvalue weighted by atomic mass is 32.2. The largest absolute Gasteiger partial charge is 0.449 e. The number of benzene rings is 2. The van der Waals surface area contributed by atoms with E-state index in [-0.39, 0.29) is 10.5 Å². The first kappa shape index (κ1) is 19.5. The average molecular weight is 380 g/mol. The molecule has 1 unspecified atom stereocenters. The van der Waals surface area contributed by atoms with E-state index in [1.54, 1.807) is 0 Å². The van der Waals surface area contributed by atoms with E-state index in [1.165, 1.54) is 56.4 Å². The van der Waals surface area contributed by atoms with Crippen LogP contribution in [0.4, 0.5) is 10.1 Å². The molecule has 0 radical (unpaired) electrons. The van der Waals surface area contributed by atoms with Gasteiger partial charge in [0.1, 0.15) is 5.82 Å². The molecule has 7 nitrogen and oxygen atoms in total. The number of ether oxygens (including phenoxy) is 1. The lowest BCUT2D eigenvalue weighted by Gasteiger charge is -2.14. The molecule has 26 heavy (non-hydrogen) atoms. The molecular formula is C17H17FN2O5S. The zero-order valence-electron chi connectivity index (χ0n) is 14.0. The van der Waals surface area contributed by atoms with Gasteiger partial charge in [-0.1, -0.05) is 6.07 Å². The third-order valence-electron chi connectivity index (χ3n) is 3.41. The van der Waals surface area contributed by atoms with Gasteiger partial charge < -0.3 is 10.1 Å². The van der Waals surface area contributed by atoms with Crippen molar-refractivity contribution in [2.45, 2.75) is 17.9 Å². The maximum Gasteiger partial charge on any atom is 0.338 e. The number of carbonyl (C=O) groups excluding carboxylic acids is 2. The number of carbonyl (C=O) groups is 2. The molecule has 0 aliphatic carbocycles. The molecule has 0 aliphatic heterocycles. The Morgan fingerprint density at radius 3 is 2.38 bits per heavy atom. The number of hydrogen-bond acceptors (Lipinski definition) is 5. The monoisotopic (exact) mass is 380 g/mol. The molecule has 0 aliphatic rings. The summed E-state index contributed by atoms with van der Waals surface area (Å²) in [6, 6.07) is 10.3. The lowest BCUT2D eigenvalue weighted by molar-refractivity contribution is -0.123. The van der Waals surface area contributed by atoms with Crippen LogP contribution in [0.2, 0.25) is 0 Å². The van der Waals surface area contributed by atoms with E-state index in [9.17, 15) is 22.4 Å². The smallest absolute Gasteiger partial charge is 0.338 e. The predicted octanol–water partition coefficient (Wildman–Crippen LogP) is 1.92. The number of nitrogens with one attached hydrogen (secondary N) is 2. The summed E-state index contributed by atoms with van der Waals surface area (Å²) in [6.45, 7) is 1.37. The fourth-order valence-corrected chi connectivity index (χ4v) is 2.74. The van der Waals surface area contributed by atoms with E-state index in [4.69, 9.17) is 4.74 Å². The standard InChI is InChI=1S/C17H17FN2O5S/c1-11(16(21)20-14-8-6-13(18)7-9-14)25-17(22)12-4-3-5-15(10-12)26(23,24)19-2/h3-11,19H,1-2H3,(H,20,21). The molecule has 1 atom stereocenters. The Kier molecular flexibility index (Phi) is 6.06. The highest BCUT2D eigenvalue weighted by Gasteiger charge is 2.20. The first-order chi connectivity index (χ1) is 12.2. The number of halogens is 1. The number of hydrogen-bond donors (Lipinski definition) is 2. The first-order valence-electron chi connectivity index (χ1n) is 7.54. The lowest BCUT2D eigenvalue weighted by atomic mass is 10.2. The second-order valence-electron chi connectivity index (χ2n) is 5.28. The van der Waals surface area contributed by atoms with Crippen LogP contribution in [0.1, 0.15) is 17.3 Å². The SMILES string of the molecule is CNS(=O)(=O)c1cccc(C(=O)OC(C)C(=O)Nc2ccc(F)cc2)c1. The number of esters is 1. The molecule has 2 aromatic rings. The van der Waals surface area contributed by atoms with Crippen LogP contribution in [0.15, 0.2) is 53.4 Å². The van der Waals surface area contributed by atoms with Crippen molar-refractivity contribution in [3.05, 3.63) is 59.9 Å². The minimum absolute atomic E-state index is 0.0113. The molecule has 0 heterocycles. The Morgan fingerprint density at radius 2 is 1.77 bits per heavy atom. The summed E-state index contributed by atoms with van der Waals surface area (Å²) in [6.07, 6.45) is -1.14. The zero-order chi connectivity index (χ0) is 19.3.